The highest BCUT2D eigenvalue weighted by atomic mass is 35.5. The maximum absolute atomic E-state index is 14.9. The van der Waals surface area contributed by atoms with Gasteiger partial charge in [-0.1, -0.05) is 23.7 Å². The van der Waals surface area contributed by atoms with Crippen molar-refractivity contribution in [2.75, 3.05) is 40.5 Å². The van der Waals surface area contributed by atoms with Crippen molar-refractivity contribution in [3.63, 3.8) is 0 Å². The van der Waals surface area contributed by atoms with Crippen LogP contribution in [0.25, 0.3) is 5.57 Å². The fraction of sp³-hybridized carbons (Fsp3) is 0.439. The molecule has 1 saturated heterocycles. The summed E-state index contributed by atoms with van der Waals surface area (Å²) in [5.74, 6) is 2.12. The van der Waals surface area contributed by atoms with E-state index in [4.69, 9.17) is 36.3 Å². The summed E-state index contributed by atoms with van der Waals surface area (Å²) in [6.45, 7) is 5.95. The number of ether oxygens (including phenoxy) is 4. The van der Waals surface area contributed by atoms with Gasteiger partial charge in [-0.2, -0.15) is 0 Å². The minimum atomic E-state index is -0.420. The summed E-state index contributed by atoms with van der Waals surface area (Å²) < 4.78 is 23.0. The van der Waals surface area contributed by atoms with Crippen molar-refractivity contribution < 1.29 is 33.3 Å². The summed E-state index contributed by atoms with van der Waals surface area (Å²) >= 11 is 6.37. The molecule has 282 valence electrons. The first-order chi connectivity index (χ1) is 25.5. The van der Waals surface area contributed by atoms with E-state index in [0.29, 0.717) is 79.3 Å². The summed E-state index contributed by atoms with van der Waals surface area (Å²) in [5.41, 5.74) is 11.0. The monoisotopic (exact) mass is 744 g/mol. The van der Waals surface area contributed by atoms with Gasteiger partial charge >= 0.3 is 0 Å². The highest BCUT2D eigenvalue weighted by Crippen LogP contribution is 2.38. The van der Waals surface area contributed by atoms with Gasteiger partial charge in [0, 0.05) is 56.2 Å². The number of benzene rings is 3. The molecule has 2 aliphatic heterocycles. The number of hydrogen-bond acceptors (Lipinski definition) is 8. The molecule has 11 nitrogen and oxygen atoms in total. The number of nitrogens with two attached hydrogens (primary N) is 1. The van der Waals surface area contributed by atoms with Crippen LogP contribution in [0.2, 0.25) is 5.02 Å². The van der Waals surface area contributed by atoms with Crippen LogP contribution >= 0.6 is 11.6 Å². The molecule has 12 heteroatoms. The Morgan fingerprint density at radius 1 is 0.887 bits per heavy atom. The predicted molar refractivity (Wildman–Crippen MR) is 203 cm³/mol. The maximum Gasteiger partial charge on any atom is 0.252 e. The van der Waals surface area contributed by atoms with Crippen LogP contribution in [0.15, 0.2) is 60.2 Å². The number of methoxy groups -OCH3 is 2. The van der Waals surface area contributed by atoms with Crippen molar-refractivity contribution >= 4 is 34.9 Å². The molecule has 1 saturated carbocycles. The van der Waals surface area contributed by atoms with Crippen LogP contribution < -0.4 is 30.0 Å². The van der Waals surface area contributed by atoms with Gasteiger partial charge < -0.3 is 39.8 Å². The summed E-state index contributed by atoms with van der Waals surface area (Å²) in [6.07, 6.45) is 3.21. The third kappa shape index (κ3) is 9.44. The summed E-state index contributed by atoms with van der Waals surface area (Å²) in [4.78, 5) is 43.3. The molecule has 3 N–H and O–H groups in total. The fourth-order valence-electron chi connectivity index (χ4n) is 7.13. The van der Waals surface area contributed by atoms with Gasteiger partial charge in [-0.25, -0.2) is 0 Å². The van der Waals surface area contributed by atoms with Gasteiger partial charge in [0.25, 0.3) is 5.91 Å². The second kappa shape index (κ2) is 16.9. The van der Waals surface area contributed by atoms with Crippen LogP contribution in [0.3, 0.4) is 0 Å². The fourth-order valence-corrected chi connectivity index (χ4v) is 7.41. The molecule has 0 unspecified atom stereocenters. The number of primary amides is 1. The van der Waals surface area contributed by atoms with E-state index >= 15 is 0 Å². The molecular formula is C41H49ClN4O7. The lowest BCUT2D eigenvalue weighted by atomic mass is 9.82. The number of rotatable bonds is 16. The number of nitrogens with zero attached hydrogens (tertiary/aromatic N) is 2. The van der Waals surface area contributed by atoms with E-state index in [2.05, 4.69) is 5.32 Å². The molecule has 0 radical (unpaired) electrons. The standard InChI is InChI=1S/C41H49ClN4O7/c1-25-16-35(42)37(17-26(25)2)53-15-14-52-31-12-8-28(9-13-31)34-20-29-23-45(39(48)7-5-6-38(43)47)24-36(44-29)40(34)41(49)46(30-10-11-30)22-27-18-32(50-3)21-33(19-27)51-4/h8-9,12-13,16-19,21,29-30,36,44H,5-7,10-11,14-15,20,22-24H2,1-4H3,(H2,43,47)/t29-,36-/m1/s1. The number of aryl methyl sites for hydroxylation is 2. The van der Waals surface area contributed by atoms with E-state index < -0.39 is 5.91 Å². The average molecular weight is 745 g/mol. The van der Waals surface area contributed by atoms with E-state index in [0.717, 1.165) is 40.7 Å². The SMILES string of the molecule is COc1cc(CN(C(=O)C2=C(c3ccc(OCCOc4cc(C)c(C)cc4Cl)cc3)C[C@@H]3CN(C(=O)CCCC(N)=O)C[C@H]2N3)C2CC2)cc(OC)c1. The maximum atomic E-state index is 14.9. The molecule has 1 aliphatic carbocycles. The summed E-state index contributed by atoms with van der Waals surface area (Å²) in [7, 11) is 3.22. The van der Waals surface area contributed by atoms with Crippen molar-refractivity contribution in [2.24, 2.45) is 5.73 Å². The molecular weight excluding hydrogens is 696 g/mol. The van der Waals surface area contributed by atoms with E-state index in [9.17, 15) is 14.4 Å². The molecule has 2 heterocycles. The molecule has 3 aliphatic rings. The number of piperazine rings is 1. The van der Waals surface area contributed by atoms with E-state index in [1.807, 2.05) is 78.2 Å². The van der Waals surface area contributed by atoms with Crippen molar-refractivity contribution in [3.05, 3.63) is 87.4 Å². The Labute approximate surface area is 316 Å². The zero-order valence-electron chi connectivity index (χ0n) is 30.9. The Hall–Kier alpha value is -4.74. The third-order valence-electron chi connectivity index (χ3n) is 10.2. The lowest BCUT2D eigenvalue weighted by molar-refractivity contribution is -0.134. The number of hydrogen-bond donors (Lipinski definition) is 2. The number of fused-ring (bicyclic) bond motifs is 2. The minimum Gasteiger partial charge on any atom is -0.497 e. The van der Waals surface area contributed by atoms with Crippen LogP contribution in [-0.4, -0.2) is 86.2 Å². The van der Waals surface area contributed by atoms with E-state index in [1.54, 1.807) is 14.2 Å². The van der Waals surface area contributed by atoms with Crippen molar-refractivity contribution in [3.8, 4) is 23.0 Å². The molecule has 3 amide bonds. The molecule has 0 spiro atoms. The molecule has 6 rings (SSSR count). The molecule has 0 aromatic heterocycles. The minimum absolute atomic E-state index is 0.0363. The number of halogens is 1. The first kappa shape index (κ1) is 38.0. The third-order valence-corrected chi connectivity index (χ3v) is 10.5. The van der Waals surface area contributed by atoms with Crippen LogP contribution in [0, 0.1) is 13.8 Å². The first-order valence-corrected chi connectivity index (χ1v) is 18.6. The van der Waals surface area contributed by atoms with Gasteiger partial charge in [0.2, 0.25) is 11.8 Å². The Morgan fingerprint density at radius 3 is 2.23 bits per heavy atom. The van der Waals surface area contributed by atoms with Gasteiger partial charge in [0.15, 0.2) is 0 Å². The lowest BCUT2D eigenvalue weighted by Gasteiger charge is -2.45. The smallest absolute Gasteiger partial charge is 0.252 e. The predicted octanol–water partition coefficient (Wildman–Crippen LogP) is 5.60. The Morgan fingerprint density at radius 2 is 1.57 bits per heavy atom. The van der Waals surface area contributed by atoms with Crippen LogP contribution in [0.1, 0.15) is 60.8 Å². The average Bonchev–Trinajstić information content (AvgIpc) is 3.99. The number of amides is 3. The lowest BCUT2D eigenvalue weighted by Crippen LogP contribution is -2.62. The van der Waals surface area contributed by atoms with Gasteiger partial charge in [0.05, 0.1) is 25.3 Å². The number of nitrogens with one attached hydrogen (secondary N) is 1. The van der Waals surface area contributed by atoms with Crippen LogP contribution in [0.4, 0.5) is 0 Å². The molecule has 2 bridgehead atoms. The quantitative estimate of drug-likeness (QED) is 0.181. The van der Waals surface area contributed by atoms with Crippen LogP contribution in [-0.2, 0) is 20.9 Å². The molecule has 53 heavy (non-hydrogen) atoms. The topological polar surface area (TPSA) is 133 Å². The Kier molecular flexibility index (Phi) is 12.1. The van der Waals surface area contributed by atoms with Gasteiger partial charge in [0.1, 0.15) is 36.2 Å². The second-order valence-corrected chi connectivity index (χ2v) is 14.5. The summed E-state index contributed by atoms with van der Waals surface area (Å²) in [6, 6.07) is 17.1. The molecule has 2 atom stereocenters. The van der Waals surface area contributed by atoms with Crippen LogP contribution in [0.5, 0.6) is 23.0 Å². The van der Waals surface area contributed by atoms with E-state index in [1.165, 1.54) is 0 Å². The van der Waals surface area contributed by atoms with Gasteiger partial charge in [-0.3, -0.25) is 14.4 Å². The largest absolute Gasteiger partial charge is 0.497 e. The highest BCUT2D eigenvalue weighted by Gasteiger charge is 2.43. The van der Waals surface area contributed by atoms with Crippen molar-refractivity contribution in [1.29, 1.82) is 0 Å². The number of carbonyl (C=O) groups excluding carboxylic acids is 3. The zero-order valence-corrected chi connectivity index (χ0v) is 31.7. The normalized spacial score (nSPS) is 18.0. The van der Waals surface area contributed by atoms with Gasteiger partial charge in [-0.05, 0) is 104 Å². The van der Waals surface area contributed by atoms with Gasteiger partial charge in [-0.15, -0.1) is 0 Å². The molecule has 3 aromatic rings. The van der Waals surface area contributed by atoms with Crippen molar-refractivity contribution in [1.82, 2.24) is 15.1 Å². The molecule has 2 fully saturated rings. The second-order valence-electron chi connectivity index (χ2n) is 14.1. The zero-order chi connectivity index (χ0) is 37.6. The Bertz CT molecular complexity index is 1840. The first-order valence-electron chi connectivity index (χ1n) is 18.2. The van der Waals surface area contributed by atoms with E-state index in [-0.39, 0.29) is 42.8 Å². The number of carbonyl (C=O) groups is 3. The molecule has 3 aromatic carbocycles. The highest BCUT2D eigenvalue weighted by molar-refractivity contribution is 6.32. The van der Waals surface area contributed by atoms with Crippen molar-refractivity contribution in [2.45, 2.75) is 77.0 Å². The summed E-state index contributed by atoms with van der Waals surface area (Å²) in [5, 5.41) is 4.24. The Balaban J connectivity index is 1.24.